The molecule has 2 heterocycles. The van der Waals surface area contributed by atoms with Gasteiger partial charge in [0.05, 0.1) is 18.2 Å². The number of aromatic nitrogens is 1. The number of Topliss-reactive ketones (excluding diaryl/α,β-unsaturated/α-hetero) is 1. The van der Waals surface area contributed by atoms with Crippen molar-refractivity contribution in [3.63, 3.8) is 0 Å². The van der Waals surface area contributed by atoms with Crippen molar-refractivity contribution in [3.05, 3.63) is 100 Å². The van der Waals surface area contributed by atoms with Crippen LogP contribution in [0, 0.1) is 0 Å². The number of unbranched alkanes of at least 4 members (excludes halogenated alkanes) is 1. The molecule has 1 aliphatic heterocycles. The highest BCUT2D eigenvalue weighted by atomic mass is 35.5. The predicted octanol–water partition coefficient (Wildman–Crippen LogP) is 5.54. The molecule has 1 aliphatic rings. The number of halogens is 1. The summed E-state index contributed by atoms with van der Waals surface area (Å²) in [6.45, 7) is 2.83. The van der Waals surface area contributed by atoms with Crippen LogP contribution in [-0.4, -0.2) is 33.3 Å². The zero-order chi connectivity index (χ0) is 24.1. The van der Waals surface area contributed by atoms with E-state index in [9.17, 15) is 14.7 Å². The number of hydrogen-bond acceptors (Lipinski definition) is 5. The molecule has 1 unspecified atom stereocenters. The Morgan fingerprint density at radius 3 is 2.53 bits per heavy atom. The van der Waals surface area contributed by atoms with E-state index in [2.05, 4.69) is 11.9 Å². The van der Waals surface area contributed by atoms with Crippen LogP contribution in [-0.2, 0) is 16.1 Å². The van der Waals surface area contributed by atoms with Gasteiger partial charge in [-0.1, -0.05) is 49.2 Å². The van der Waals surface area contributed by atoms with Crippen LogP contribution >= 0.6 is 11.6 Å². The molecule has 174 valence electrons. The third kappa shape index (κ3) is 4.97. The molecule has 1 atom stereocenters. The lowest BCUT2D eigenvalue weighted by atomic mass is 9.95. The molecule has 1 N–H and O–H groups in total. The van der Waals surface area contributed by atoms with Crippen molar-refractivity contribution >= 4 is 29.1 Å². The van der Waals surface area contributed by atoms with E-state index in [0.29, 0.717) is 28.5 Å². The average molecular weight is 477 g/mol. The number of pyridine rings is 1. The molecule has 0 aliphatic carbocycles. The van der Waals surface area contributed by atoms with E-state index in [1.807, 2.05) is 0 Å². The number of ketones is 1. The second-order valence-corrected chi connectivity index (χ2v) is 8.50. The highest BCUT2D eigenvalue weighted by Gasteiger charge is 2.46. The zero-order valence-corrected chi connectivity index (χ0v) is 19.5. The van der Waals surface area contributed by atoms with Crippen LogP contribution in [0.4, 0.5) is 0 Å². The van der Waals surface area contributed by atoms with Gasteiger partial charge in [0.2, 0.25) is 0 Å². The van der Waals surface area contributed by atoms with Crippen molar-refractivity contribution < 1.29 is 19.4 Å². The first kappa shape index (κ1) is 23.5. The van der Waals surface area contributed by atoms with Crippen molar-refractivity contribution in [2.75, 3.05) is 6.61 Å². The summed E-state index contributed by atoms with van der Waals surface area (Å²) >= 11 is 6.08. The second-order valence-electron chi connectivity index (χ2n) is 8.06. The Hall–Kier alpha value is -3.64. The van der Waals surface area contributed by atoms with Gasteiger partial charge in [0, 0.05) is 29.5 Å². The Morgan fingerprint density at radius 1 is 1.09 bits per heavy atom. The summed E-state index contributed by atoms with van der Waals surface area (Å²) < 4.78 is 5.76. The first-order chi connectivity index (χ1) is 16.5. The van der Waals surface area contributed by atoms with Crippen LogP contribution in [0.2, 0.25) is 5.02 Å². The maximum Gasteiger partial charge on any atom is 0.295 e. The van der Waals surface area contributed by atoms with E-state index in [-0.39, 0.29) is 17.9 Å². The highest BCUT2D eigenvalue weighted by molar-refractivity contribution is 6.46. The number of ether oxygens (including phenoxy) is 1. The number of amides is 1. The maximum absolute atomic E-state index is 13.2. The molecule has 0 bridgehead atoms. The highest BCUT2D eigenvalue weighted by Crippen LogP contribution is 2.40. The van der Waals surface area contributed by atoms with E-state index in [4.69, 9.17) is 16.3 Å². The number of benzene rings is 2. The fraction of sp³-hybridized carbons (Fsp3) is 0.222. The lowest BCUT2D eigenvalue weighted by molar-refractivity contribution is -0.140. The molecule has 4 rings (SSSR count). The van der Waals surface area contributed by atoms with Crippen molar-refractivity contribution in [1.29, 1.82) is 0 Å². The molecule has 6 nitrogen and oxygen atoms in total. The topological polar surface area (TPSA) is 79.7 Å². The van der Waals surface area contributed by atoms with Crippen LogP contribution in [0.15, 0.2) is 78.6 Å². The van der Waals surface area contributed by atoms with Gasteiger partial charge in [0.1, 0.15) is 11.5 Å². The van der Waals surface area contributed by atoms with Crippen LogP contribution in [0.1, 0.15) is 42.5 Å². The van der Waals surface area contributed by atoms with Gasteiger partial charge in [-0.05, 0) is 53.9 Å². The minimum absolute atomic E-state index is 0.0343. The van der Waals surface area contributed by atoms with Gasteiger partial charge in [0.25, 0.3) is 11.7 Å². The number of carbonyl (C=O) groups excluding carboxylic acids is 2. The average Bonchev–Trinajstić information content (AvgIpc) is 3.10. The van der Waals surface area contributed by atoms with E-state index >= 15 is 0 Å². The van der Waals surface area contributed by atoms with Gasteiger partial charge >= 0.3 is 0 Å². The molecule has 1 aromatic heterocycles. The van der Waals surface area contributed by atoms with E-state index < -0.39 is 17.7 Å². The van der Waals surface area contributed by atoms with Crippen LogP contribution in [0.3, 0.4) is 0 Å². The molecule has 1 amide bonds. The molecule has 0 spiro atoms. The Bertz CT molecular complexity index is 1210. The predicted molar refractivity (Wildman–Crippen MR) is 130 cm³/mol. The number of aliphatic hydroxyl groups is 1. The minimum Gasteiger partial charge on any atom is -0.507 e. The normalized spacial score (nSPS) is 17.2. The molecule has 1 saturated heterocycles. The van der Waals surface area contributed by atoms with Gasteiger partial charge in [-0.2, -0.15) is 0 Å². The van der Waals surface area contributed by atoms with Crippen LogP contribution in [0.25, 0.3) is 5.76 Å². The first-order valence-corrected chi connectivity index (χ1v) is 11.5. The van der Waals surface area contributed by atoms with E-state index in [0.717, 1.165) is 18.4 Å². The molecular formula is C27H25ClN2O4. The van der Waals surface area contributed by atoms with Gasteiger partial charge in [-0.3, -0.25) is 14.6 Å². The van der Waals surface area contributed by atoms with Gasteiger partial charge < -0.3 is 14.7 Å². The summed E-state index contributed by atoms with van der Waals surface area (Å²) in [5.41, 5.74) is 1.94. The number of nitrogens with zero attached hydrogens (tertiary/aromatic N) is 2. The van der Waals surface area contributed by atoms with Crippen LogP contribution < -0.4 is 4.74 Å². The molecule has 0 radical (unpaired) electrons. The minimum atomic E-state index is -0.768. The molecule has 2 aromatic carbocycles. The molecule has 1 fully saturated rings. The smallest absolute Gasteiger partial charge is 0.295 e. The SMILES string of the molecule is CCCCOc1cccc(/C(O)=C2\C(=O)C(=O)N(Cc3ccncc3)C2c2ccc(Cl)cc2)c1. The molecular weight excluding hydrogens is 452 g/mol. The quantitative estimate of drug-likeness (QED) is 0.200. The third-order valence-electron chi connectivity index (χ3n) is 5.70. The lowest BCUT2D eigenvalue weighted by Crippen LogP contribution is -2.29. The van der Waals surface area contributed by atoms with Gasteiger partial charge in [-0.25, -0.2) is 0 Å². The standard InChI is InChI=1S/C27H25ClN2O4/c1-2-3-15-34-22-6-4-5-20(16-22)25(31)23-24(19-7-9-21(28)10-8-19)30(27(33)26(23)32)17-18-11-13-29-14-12-18/h4-14,16,24,31H,2-3,15,17H2,1H3/b25-23+. The lowest BCUT2D eigenvalue weighted by Gasteiger charge is -2.25. The molecule has 3 aromatic rings. The summed E-state index contributed by atoms with van der Waals surface area (Å²) in [4.78, 5) is 31.8. The van der Waals surface area contributed by atoms with Crippen molar-refractivity contribution in [2.24, 2.45) is 0 Å². The van der Waals surface area contributed by atoms with E-state index in [1.54, 1.807) is 73.1 Å². The summed E-state index contributed by atoms with van der Waals surface area (Å²) in [6.07, 6.45) is 5.18. The Labute approximate surface area is 203 Å². The van der Waals surface area contributed by atoms with Crippen molar-refractivity contribution in [3.8, 4) is 5.75 Å². The number of rotatable bonds is 8. The molecule has 0 saturated carbocycles. The number of hydrogen-bond donors (Lipinski definition) is 1. The summed E-state index contributed by atoms with van der Waals surface area (Å²) in [5.74, 6) is -1.06. The van der Waals surface area contributed by atoms with Crippen molar-refractivity contribution in [2.45, 2.75) is 32.4 Å². The fourth-order valence-corrected chi connectivity index (χ4v) is 4.07. The first-order valence-electron chi connectivity index (χ1n) is 11.2. The zero-order valence-electron chi connectivity index (χ0n) is 18.8. The molecule has 7 heteroatoms. The monoisotopic (exact) mass is 476 g/mol. The summed E-state index contributed by atoms with van der Waals surface area (Å²) in [7, 11) is 0. The maximum atomic E-state index is 13.2. The van der Waals surface area contributed by atoms with Gasteiger partial charge in [-0.15, -0.1) is 0 Å². The Morgan fingerprint density at radius 2 is 1.82 bits per heavy atom. The van der Waals surface area contributed by atoms with Crippen LogP contribution in [0.5, 0.6) is 5.75 Å². The summed E-state index contributed by atoms with van der Waals surface area (Å²) in [5, 5.41) is 11.8. The molecule has 34 heavy (non-hydrogen) atoms. The number of carbonyl (C=O) groups is 2. The Kier molecular flexibility index (Phi) is 7.28. The van der Waals surface area contributed by atoms with Gasteiger partial charge in [0.15, 0.2) is 0 Å². The fourth-order valence-electron chi connectivity index (χ4n) is 3.94. The Balaban J connectivity index is 1.78. The van der Waals surface area contributed by atoms with E-state index in [1.165, 1.54) is 4.90 Å². The largest absolute Gasteiger partial charge is 0.507 e. The third-order valence-corrected chi connectivity index (χ3v) is 5.95. The second kappa shape index (κ2) is 10.5. The number of likely N-dealkylation sites (tertiary alicyclic amines) is 1. The number of aliphatic hydroxyl groups excluding tert-OH is 1. The van der Waals surface area contributed by atoms with Crippen molar-refractivity contribution in [1.82, 2.24) is 9.88 Å². The summed E-state index contributed by atoms with van der Waals surface area (Å²) in [6, 6.07) is 16.6.